The summed E-state index contributed by atoms with van der Waals surface area (Å²) in [7, 11) is 0. The summed E-state index contributed by atoms with van der Waals surface area (Å²) in [5.41, 5.74) is -0.165. The highest BCUT2D eigenvalue weighted by Crippen LogP contribution is 2.24. The zero-order chi connectivity index (χ0) is 15.0. The van der Waals surface area contributed by atoms with Crippen LogP contribution in [0.15, 0.2) is 24.5 Å². The molecule has 1 aromatic heterocycles. The Morgan fingerprint density at radius 1 is 1.43 bits per heavy atom. The number of hydrogen-bond donors (Lipinski definition) is 2. The highest BCUT2D eigenvalue weighted by molar-refractivity contribution is 6.00. The summed E-state index contributed by atoms with van der Waals surface area (Å²) < 4.78 is 27.7. The largest absolute Gasteiger partial charge is 0.322 e. The van der Waals surface area contributed by atoms with Gasteiger partial charge in [-0.3, -0.25) is 19.5 Å². The van der Waals surface area contributed by atoms with E-state index in [0.29, 0.717) is 6.07 Å². The van der Waals surface area contributed by atoms with E-state index < -0.39 is 29.5 Å². The first-order valence-corrected chi connectivity index (χ1v) is 6.00. The minimum Gasteiger partial charge on any atom is -0.322 e. The van der Waals surface area contributed by atoms with Crippen LogP contribution in [-0.2, 0) is 9.59 Å². The summed E-state index contributed by atoms with van der Waals surface area (Å²) in [5, 5.41) is 12.0. The Hall–Kier alpha value is -2.84. The van der Waals surface area contributed by atoms with Gasteiger partial charge in [0.15, 0.2) is 0 Å². The molecule has 1 aromatic carbocycles. The van der Waals surface area contributed by atoms with Gasteiger partial charge in [0.1, 0.15) is 24.0 Å². The molecule has 0 spiro atoms. The van der Waals surface area contributed by atoms with E-state index in [1.165, 1.54) is 10.9 Å². The van der Waals surface area contributed by atoms with Gasteiger partial charge >= 0.3 is 0 Å². The average molecular weight is 293 g/mol. The molecule has 0 radical (unpaired) electrons. The fraction of sp³-hybridized carbons (Fsp3) is 0.167. The van der Waals surface area contributed by atoms with E-state index in [9.17, 15) is 18.4 Å². The predicted molar refractivity (Wildman–Crippen MR) is 67.3 cm³/mol. The molecule has 1 atom stereocenters. The normalized spacial score (nSPS) is 17.0. The van der Waals surface area contributed by atoms with Crippen molar-refractivity contribution in [2.24, 2.45) is 0 Å². The Morgan fingerprint density at radius 3 is 3.00 bits per heavy atom. The number of carbonyl (C=O) groups is 2. The summed E-state index contributed by atoms with van der Waals surface area (Å²) in [6.45, 7) is 0. The number of fused-ring (bicyclic) bond motifs is 1. The predicted octanol–water partition coefficient (Wildman–Crippen LogP) is 1.08. The topological polar surface area (TPSA) is 88.9 Å². The molecule has 0 fully saturated rings. The van der Waals surface area contributed by atoms with Gasteiger partial charge < -0.3 is 5.32 Å². The van der Waals surface area contributed by atoms with Crippen LogP contribution in [0.25, 0.3) is 0 Å². The van der Waals surface area contributed by atoms with Crippen LogP contribution in [0.3, 0.4) is 0 Å². The van der Waals surface area contributed by atoms with E-state index in [1.807, 2.05) is 0 Å². The third-order valence-electron chi connectivity index (χ3n) is 3.03. The highest BCUT2D eigenvalue weighted by Gasteiger charge is 2.31. The highest BCUT2D eigenvalue weighted by atomic mass is 19.1. The van der Waals surface area contributed by atoms with Crippen LogP contribution in [0, 0.1) is 11.6 Å². The summed E-state index contributed by atoms with van der Waals surface area (Å²) >= 11 is 0. The maximum Gasteiger partial charge on any atom is 0.248 e. The van der Waals surface area contributed by atoms with E-state index in [0.717, 1.165) is 12.1 Å². The Labute approximate surface area is 117 Å². The number of hydrogen-bond acceptors (Lipinski definition) is 4. The number of rotatable bonds is 2. The lowest BCUT2D eigenvalue weighted by atomic mass is 10.1. The van der Waals surface area contributed by atoms with Crippen molar-refractivity contribution in [3.63, 3.8) is 0 Å². The number of benzene rings is 1. The van der Waals surface area contributed by atoms with Crippen molar-refractivity contribution in [1.82, 2.24) is 14.8 Å². The molecular formula is C12H9F2N5O2. The van der Waals surface area contributed by atoms with Crippen LogP contribution in [0.2, 0.25) is 0 Å². The molecule has 0 saturated heterocycles. The molecule has 7 nitrogen and oxygen atoms in total. The number of nitrogens with zero attached hydrogens (tertiary/aromatic N) is 3. The number of aromatic nitrogens is 3. The lowest BCUT2D eigenvalue weighted by Gasteiger charge is -2.23. The van der Waals surface area contributed by atoms with E-state index in [1.54, 1.807) is 0 Å². The van der Waals surface area contributed by atoms with Crippen LogP contribution in [0.4, 0.5) is 20.4 Å². The average Bonchev–Trinajstić information content (AvgIpc) is 2.88. The van der Waals surface area contributed by atoms with Crippen molar-refractivity contribution in [2.75, 3.05) is 10.6 Å². The van der Waals surface area contributed by atoms with Crippen LogP contribution in [0.5, 0.6) is 0 Å². The van der Waals surface area contributed by atoms with E-state index in [2.05, 4.69) is 20.8 Å². The van der Waals surface area contributed by atoms with Gasteiger partial charge in [0.2, 0.25) is 17.8 Å². The van der Waals surface area contributed by atoms with Gasteiger partial charge in [-0.1, -0.05) is 0 Å². The second kappa shape index (κ2) is 4.93. The summed E-state index contributed by atoms with van der Waals surface area (Å²) in [6, 6.07) is 1.90. The fourth-order valence-corrected chi connectivity index (χ4v) is 2.04. The standard InChI is InChI=1S/C12H9F2N5O2/c13-6-1-2-8(7(14)3-6)16-11(21)9-4-10(20)17-12-18-15-5-19(9)12/h1-3,5,9H,4H2,(H,16,21)(H,17,18,20)/t9-/m0/s1. The minimum atomic E-state index is -0.896. The molecule has 2 heterocycles. The second-order valence-corrected chi connectivity index (χ2v) is 4.44. The van der Waals surface area contributed by atoms with Crippen molar-refractivity contribution < 1.29 is 18.4 Å². The molecule has 9 heteroatoms. The number of amides is 2. The number of anilines is 2. The zero-order valence-electron chi connectivity index (χ0n) is 10.5. The van der Waals surface area contributed by atoms with E-state index >= 15 is 0 Å². The van der Waals surface area contributed by atoms with Gasteiger partial charge in [-0.2, -0.15) is 0 Å². The van der Waals surface area contributed by atoms with Crippen LogP contribution in [0.1, 0.15) is 12.5 Å². The molecule has 1 aliphatic heterocycles. The Bertz CT molecular complexity index is 730. The Balaban J connectivity index is 1.85. The van der Waals surface area contributed by atoms with Gasteiger partial charge in [-0.05, 0) is 12.1 Å². The lowest BCUT2D eigenvalue weighted by Crippen LogP contribution is -2.35. The molecule has 2 N–H and O–H groups in total. The van der Waals surface area contributed by atoms with E-state index in [-0.39, 0.29) is 18.1 Å². The Morgan fingerprint density at radius 2 is 2.24 bits per heavy atom. The van der Waals surface area contributed by atoms with Crippen molar-refractivity contribution in [2.45, 2.75) is 12.5 Å². The van der Waals surface area contributed by atoms with Crippen molar-refractivity contribution in [3.8, 4) is 0 Å². The number of nitrogens with one attached hydrogen (secondary N) is 2. The molecule has 21 heavy (non-hydrogen) atoms. The van der Waals surface area contributed by atoms with E-state index in [4.69, 9.17) is 0 Å². The molecule has 0 saturated carbocycles. The maximum atomic E-state index is 13.5. The molecule has 0 bridgehead atoms. The molecule has 0 unspecified atom stereocenters. The van der Waals surface area contributed by atoms with Crippen molar-refractivity contribution >= 4 is 23.5 Å². The number of carbonyl (C=O) groups excluding carboxylic acids is 2. The third-order valence-corrected chi connectivity index (χ3v) is 3.03. The first-order chi connectivity index (χ1) is 10.0. The lowest BCUT2D eigenvalue weighted by molar-refractivity contribution is -0.125. The van der Waals surface area contributed by atoms with Gasteiger partial charge in [0, 0.05) is 6.07 Å². The zero-order valence-corrected chi connectivity index (χ0v) is 10.5. The molecular weight excluding hydrogens is 284 g/mol. The summed E-state index contributed by atoms with van der Waals surface area (Å²) in [5.74, 6) is -2.51. The molecule has 2 amide bonds. The van der Waals surface area contributed by atoms with Crippen molar-refractivity contribution in [1.29, 1.82) is 0 Å². The smallest absolute Gasteiger partial charge is 0.248 e. The van der Waals surface area contributed by atoms with Gasteiger partial charge in [-0.15, -0.1) is 10.2 Å². The summed E-state index contributed by atoms with van der Waals surface area (Å²) in [6.07, 6.45) is 1.17. The first kappa shape index (κ1) is 13.2. The maximum absolute atomic E-state index is 13.5. The minimum absolute atomic E-state index is 0.125. The van der Waals surface area contributed by atoms with Gasteiger partial charge in [-0.25, -0.2) is 8.78 Å². The summed E-state index contributed by atoms with van der Waals surface area (Å²) in [4.78, 5) is 23.7. The molecule has 108 valence electrons. The quantitative estimate of drug-likeness (QED) is 0.867. The van der Waals surface area contributed by atoms with Crippen LogP contribution < -0.4 is 10.6 Å². The first-order valence-electron chi connectivity index (χ1n) is 6.00. The van der Waals surface area contributed by atoms with Crippen LogP contribution >= 0.6 is 0 Å². The Kier molecular flexibility index (Phi) is 3.09. The second-order valence-electron chi connectivity index (χ2n) is 4.44. The van der Waals surface area contributed by atoms with Gasteiger partial charge in [0.05, 0.1) is 12.1 Å². The fourth-order valence-electron chi connectivity index (χ4n) is 2.04. The third kappa shape index (κ3) is 2.45. The molecule has 3 rings (SSSR count). The molecule has 2 aromatic rings. The van der Waals surface area contributed by atoms with Crippen LogP contribution in [-0.4, -0.2) is 26.6 Å². The van der Waals surface area contributed by atoms with Gasteiger partial charge in [0.25, 0.3) is 0 Å². The van der Waals surface area contributed by atoms with Crippen molar-refractivity contribution in [3.05, 3.63) is 36.2 Å². The SMILES string of the molecule is O=C1C[C@@H](C(=O)Nc2ccc(F)cc2F)n2cnnc2N1. The molecule has 1 aliphatic rings. The monoisotopic (exact) mass is 293 g/mol. The number of halogens is 2. The molecule has 0 aliphatic carbocycles.